The Balaban J connectivity index is 1.79. The average Bonchev–Trinajstić information content (AvgIpc) is 3.23. The highest BCUT2D eigenvalue weighted by Crippen LogP contribution is 2.38. The van der Waals surface area contributed by atoms with E-state index in [0.29, 0.717) is 6.04 Å². The Morgan fingerprint density at radius 1 is 1.24 bits per heavy atom. The van der Waals surface area contributed by atoms with Crippen molar-refractivity contribution in [3.8, 4) is 0 Å². The predicted molar refractivity (Wildman–Crippen MR) is 70.9 cm³/mol. The average molecular weight is 230 g/mol. The fourth-order valence-electron chi connectivity index (χ4n) is 3.04. The maximum absolute atomic E-state index is 3.54. The maximum atomic E-state index is 3.54. The van der Waals surface area contributed by atoms with Crippen LogP contribution in [0.25, 0.3) is 0 Å². The van der Waals surface area contributed by atoms with E-state index in [0.717, 1.165) is 25.0 Å². The Morgan fingerprint density at radius 2 is 2.00 bits per heavy atom. The zero-order valence-corrected chi connectivity index (χ0v) is 10.6. The van der Waals surface area contributed by atoms with E-state index in [2.05, 4.69) is 47.5 Å². The minimum absolute atomic E-state index is 0.570. The van der Waals surface area contributed by atoms with Crippen molar-refractivity contribution in [2.45, 2.75) is 31.8 Å². The van der Waals surface area contributed by atoms with Crippen molar-refractivity contribution in [3.05, 3.63) is 35.9 Å². The van der Waals surface area contributed by atoms with Gasteiger partial charge in [-0.15, -0.1) is 0 Å². The van der Waals surface area contributed by atoms with Crippen LogP contribution in [0.1, 0.15) is 31.4 Å². The van der Waals surface area contributed by atoms with Crippen LogP contribution in [0.15, 0.2) is 30.3 Å². The molecule has 0 bridgehead atoms. The summed E-state index contributed by atoms with van der Waals surface area (Å²) in [7, 11) is 0. The Labute approximate surface area is 104 Å². The third kappa shape index (κ3) is 2.38. The maximum Gasteiger partial charge on any atom is 0.0476 e. The molecule has 1 saturated carbocycles. The van der Waals surface area contributed by atoms with Gasteiger partial charge in [0.05, 0.1) is 0 Å². The lowest BCUT2D eigenvalue weighted by molar-refractivity contribution is 0.102. The Kier molecular flexibility index (Phi) is 3.17. The van der Waals surface area contributed by atoms with E-state index < -0.39 is 0 Å². The molecule has 2 heteroatoms. The van der Waals surface area contributed by atoms with E-state index in [1.54, 1.807) is 0 Å². The van der Waals surface area contributed by atoms with Gasteiger partial charge < -0.3 is 5.32 Å². The van der Waals surface area contributed by atoms with E-state index >= 15 is 0 Å². The Bertz CT molecular complexity index is 358. The lowest BCUT2D eigenvalue weighted by atomic mass is 10.00. The van der Waals surface area contributed by atoms with Crippen LogP contribution in [0.2, 0.25) is 0 Å². The minimum Gasteiger partial charge on any atom is -0.314 e. The first-order valence-electron chi connectivity index (χ1n) is 6.87. The number of nitrogens with one attached hydrogen (secondary N) is 1. The highest BCUT2D eigenvalue weighted by atomic mass is 15.2. The zero-order chi connectivity index (χ0) is 11.7. The summed E-state index contributed by atoms with van der Waals surface area (Å²) in [4.78, 5) is 2.71. The Morgan fingerprint density at radius 3 is 2.71 bits per heavy atom. The molecule has 2 fully saturated rings. The first-order valence-corrected chi connectivity index (χ1v) is 6.87. The third-order valence-electron chi connectivity index (χ3n) is 4.30. The molecule has 1 heterocycles. The fraction of sp³-hybridized carbons (Fsp3) is 0.600. The van der Waals surface area contributed by atoms with Gasteiger partial charge in [-0.05, 0) is 31.2 Å². The van der Waals surface area contributed by atoms with Gasteiger partial charge in [0.15, 0.2) is 0 Å². The summed E-state index contributed by atoms with van der Waals surface area (Å²) in [6.07, 6.45) is 2.87. The molecule has 17 heavy (non-hydrogen) atoms. The summed E-state index contributed by atoms with van der Waals surface area (Å²) >= 11 is 0. The van der Waals surface area contributed by atoms with Crippen molar-refractivity contribution in [1.82, 2.24) is 10.2 Å². The summed E-state index contributed by atoms with van der Waals surface area (Å²) in [6, 6.07) is 12.3. The van der Waals surface area contributed by atoms with Gasteiger partial charge in [0.25, 0.3) is 0 Å². The number of hydrogen-bond donors (Lipinski definition) is 1. The normalized spacial score (nSPS) is 27.9. The monoisotopic (exact) mass is 230 g/mol. The standard InChI is InChI=1S/C15H22N2/c1-12(13-7-8-13)17-10-9-16-11-15(17)14-5-3-2-4-6-14/h2-6,12-13,15-16H,7-11H2,1H3. The molecule has 1 aliphatic heterocycles. The Hall–Kier alpha value is -0.860. The van der Waals surface area contributed by atoms with Gasteiger partial charge in [-0.2, -0.15) is 0 Å². The molecule has 1 aromatic carbocycles. The second-order valence-electron chi connectivity index (χ2n) is 5.45. The summed E-state index contributed by atoms with van der Waals surface area (Å²) < 4.78 is 0. The first-order chi connectivity index (χ1) is 8.36. The van der Waals surface area contributed by atoms with Crippen molar-refractivity contribution in [2.75, 3.05) is 19.6 Å². The van der Waals surface area contributed by atoms with E-state index in [1.807, 2.05) is 0 Å². The highest BCUT2D eigenvalue weighted by molar-refractivity contribution is 5.20. The third-order valence-corrected chi connectivity index (χ3v) is 4.30. The molecule has 1 N–H and O–H groups in total. The minimum atomic E-state index is 0.570. The molecule has 1 saturated heterocycles. The van der Waals surface area contributed by atoms with Crippen LogP contribution in [-0.2, 0) is 0 Å². The van der Waals surface area contributed by atoms with Gasteiger partial charge in [0, 0.05) is 31.7 Å². The molecule has 0 radical (unpaired) electrons. The molecular weight excluding hydrogens is 208 g/mol. The zero-order valence-electron chi connectivity index (χ0n) is 10.6. The molecule has 92 valence electrons. The van der Waals surface area contributed by atoms with E-state index in [-0.39, 0.29) is 0 Å². The largest absolute Gasteiger partial charge is 0.314 e. The van der Waals surface area contributed by atoms with Crippen LogP contribution < -0.4 is 5.32 Å². The van der Waals surface area contributed by atoms with Crippen LogP contribution in [0, 0.1) is 5.92 Å². The van der Waals surface area contributed by atoms with Gasteiger partial charge in [0.1, 0.15) is 0 Å². The molecule has 2 nitrogen and oxygen atoms in total. The second kappa shape index (κ2) is 4.79. The van der Waals surface area contributed by atoms with E-state index in [9.17, 15) is 0 Å². The molecule has 1 aliphatic carbocycles. The molecule has 0 spiro atoms. The molecule has 3 rings (SSSR count). The van der Waals surface area contributed by atoms with Gasteiger partial charge in [-0.1, -0.05) is 30.3 Å². The van der Waals surface area contributed by atoms with Crippen molar-refractivity contribution in [1.29, 1.82) is 0 Å². The highest BCUT2D eigenvalue weighted by Gasteiger charge is 2.36. The molecule has 1 aromatic rings. The molecule has 2 aliphatic rings. The second-order valence-corrected chi connectivity index (χ2v) is 5.45. The number of hydrogen-bond acceptors (Lipinski definition) is 2. The van der Waals surface area contributed by atoms with Gasteiger partial charge in [-0.3, -0.25) is 4.90 Å². The molecule has 0 amide bonds. The summed E-state index contributed by atoms with van der Waals surface area (Å²) in [6.45, 7) is 5.84. The lowest BCUT2D eigenvalue weighted by Gasteiger charge is -2.40. The molecule has 2 atom stereocenters. The van der Waals surface area contributed by atoms with Gasteiger partial charge in [-0.25, -0.2) is 0 Å². The van der Waals surface area contributed by atoms with E-state index in [4.69, 9.17) is 0 Å². The summed E-state index contributed by atoms with van der Waals surface area (Å²) in [5.74, 6) is 0.958. The number of benzene rings is 1. The number of piperazine rings is 1. The van der Waals surface area contributed by atoms with Crippen LogP contribution in [0.5, 0.6) is 0 Å². The number of nitrogens with zero attached hydrogens (tertiary/aromatic N) is 1. The SMILES string of the molecule is CC(C1CC1)N1CCNCC1c1ccccc1. The summed E-state index contributed by atoms with van der Waals surface area (Å²) in [5.41, 5.74) is 1.47. The van der Waals surface area contributed by atoms with Crippen LogP contribution in [0.4, 0.5) is 0 Å². The fourth-order valence-corrected chi connectivity index (χ4v) is 3.04. The topological polar surface area (TPSA) is 15.3 Å². The first kappa shape index (κ1) is 11.2. The van der Waals surface area contributed by atoms with Gasteiger partial charge in [0.2, 0.25) is 0 Å². The van der Waals surface area contributed by atoms with Crippen LogP contribution in [0.3, 0.4) is 0 Å². The molecule has 0 aromatic heterocycles. The number of rotatable bonds is 3. The van der Waals surface area contributed by atoms with Crippen molar-refractivity contribution >= 4 is 0 Å². The van der Waals surface area contributed by atoms with E-state index in [1.165, 1.54) is 24.9 Å². The lowest BCUT2D eigenvalue weighted by Crippen LogP contribution is -2.50. The quantitative estimate of drug-likeness (QED) is 0.858. The van der Waals surface area contributed by atoms with Crippen molar-refractivity contribution < 1.29 is 0 Å². The van der Waals surface area contributed by atoms with Crippen molar-refractivity contribution in [2.24, 2.45) is 5.92 Å². The predicted octanol–water partition coefficient (Wildman–Crippen LogP) is 2.43. The summed E-state index contributed by atoms with van der Waals surface area (Å²) in [5, 5.41) is 3.54. The smallest absolute Gasteiger partial charge is 0.0476 e. The van der Waals surface area contributed by atoms with Crippen molar-refractivity contribution in [3.63, 3.8) is 0 Å². The molecular formula is C15H22N2. The van der Waals surface area contributed by atoms with Crippen LogP contribution in [-0.4, -0.2) is 30.6 Å². The molecule has 2 unspecified atom stereocenters. The van der Waals surface area contributed by atoms with Crippen LogP contribution >= 0.6 is 0 Å². The van der Waals surface area contributed by atoms with Gasteiger partial charge >= 0.3 is 0 Å².